The van der Waals surface area contributed by atoms with E-state index in [2.05, 4.69) is 21.0 Å². The van der Waals surface area contributed by atoms with Gasteiger partial charge in [0.05, 0.1) is 18.5 Å². The van der Waals surface area contributed by atoms with E-state index in [1.807, 2.05) is 13.2 Å². The van der Waals surface area contributed by atoms with E-state index in [-0.39, 0.29) is 35.9 Å². The maximum atomic E-state index is 13.1. The molecule has 1 aliphatic heterocycles. The molecule has 2 atom stereocenters. The number of amides is 2. The first-order valence-electron chi connectivity index (χ1n) is 9.01. The van der Waals surface area contributed by atoms with Crippen LogP contribution in [0.15, 0.2) is 36.7 Å². The van der Waals surface area contributed by atoms with Crippen LogP contribution < -0.4 is 16.0 Å². The largest absolute Gasteiger partial charge is 0.354 e. The minimum atomic E-state index is -0.360. The molecule has 144 valence electrons. The molecule has 8 heteroatoms. The van der Waals surface area contributed by atoms with E-state index < -0.39 is 0 Å². The van der Waals surface area contributed by atoms with Gasteiger partial charge in [0.2, 0.25) is 11.8 Å². The van der Waals surface area contributed by atoms with Gasteiger partial charge in [0.25, 0.3) is 0 Å². The van der Waals surface area contributed by atoms with Crippen LogP contribution in [0.1, 0.15) is 17.0 Å². The fraction of sp³-hybridized carbons (Fsp3) is 0.421. The summed E-state index contributed by atoms with van der Waals surface area (Å²) in [6.07, 6.45) is 3.84. The molecule has 2 heterocycles. The molecule has 0 bridgehead atoms. The Morgan fingerprint density at radius 2 is 2.11 bits per heavy atom. The van der Waals surface area contributed by atoms with Gasteiger partial charge in [0.15, 0.2) is 0 Å². The zero-order valence-electron chi connectivity index (χ0n) is 15.2. The number of halogens is 1. The van der Waals surface area contributed by atoms with E-state index in [1.54, 1.807) is 23.0 Å². The molecule has 3 rings (SSSR count). The number of aryl methyl sites for hydroxylation is 1. The van der Waals surface area contributed by atoms with Crippen LogP contribution in [0.4, 0.5) is 4.39 Å². The van der Waals surface area contributed by atoms with Crippen LogP contribution >= 0.6 is 0 Å². The fourth-order valence-electron chi connectivity index (χ4n) is 3.35. The first-order chi connectivity index (χ1) is 13.0. The smallest absolute Gasteiger partial charge is 0.225 e. The van der Waals surface area contributed by atoms with Crippen molar-refractivity contribution in [3.63, 3.8) is 0 Å². The second-order valence-corrected chi connectivity index (χ2v) is 6.77. The lowest BCUT2D eigenvalue weighted by atomic mass is 9.90. The third kappa shape index (κ3) is 5.13. The van der Waals surface area contributed by atoms with Crippen LogP contribution in [0, 0.1) is 11.7 Å². The third-order valence-corrected chi connectivity index (χ3v) is 4.70. The molecule has 0 saturated carbocycles. The van der Waals surface area contributed by atoms with Gasteiger partial charge in [-0.2, -0.15) is 5.10 Å². The van der Waals surface area contributed by atoms with E-state index >= 15 is 0 Å². The molecule has 2 amide bonds. The molecule has 1 fully saturated rings. The number of aromatic nitrogens is 2. The Hall–Kier alpha value is -2.74. The molecule has 7 nitrogen and oxygen atoms in total. The van der Waals surface area contributed by atoms with Crippen molar-refractivity contribution in [2.24, 2.45) is 13.0 Å². The number of nitrogens with one attached hydrogen (secondary N) is 3. The summed E-state index contributed by atoms with van der Waals surface area (Å²) in [5, 5.41) is 13.0. The molecule has 27 heavy (non-hydrogen) atoms. The molecule has 0 aliphatic carbocycles. The van der Waals surface area contributed by atoms with Crippen molar-refractivity contribution >= 4 is 11.8 Å². The summed E-state index contributed by atoms with van der Waals surface area (Å²) in [6, 6.07) is 5.96. The number of benzene rings is 1. The van der Waals surface area contributed by atoms with Crippen molar-refractivity contribution < 1.29 is 14.0 Å². The Kier molecular flexibility index (Phi) is 6.18. The van der Waals surface area contributed by atoms with E-state index in [0.29, 0.717) is 25.2 Å². The average Bonchev–Trinajstić information content (AvgIpc) is 3.27. The number of nitrogens with zero attached hydrogens (tertiary/aromatic N) is 2. The summed E-state index contributed by atoms with van der Waals surface area (Å²) in [6.45, 7) is 2.05. The first kappa shape index (κ1) is 19.0. The lowest BCUT2D eigenvalue weighted by molar-refractivity contribution is -0.125. The second-order valence-electron chi connectivity index (χ2n) is 6.77. The molecule has 1 aliphatic rings. The molecule has 2 aromatic rings. The van der Waals surface area contributed by atoms with E-state index in [1.165, 1.54) is 12.1 Å². The van der Waals surface area contributed by atoms with Crippen LogP contribution in [0.3, 0.4) is 0 Å². The summed E-state index contributed by atoms with van der Waals surface area (Å²) < 4.78 is 14.9. The molecule has 0 radical (unpaired) electrons. The number of carbonyl (C=O) groups is 2. The maximum absolute atomic E-state index is 13.1. The van der Waals surface area contributed by atoms with Crippen LogP contribution in [0.25, 0.3) is 0 Å². The van der Waals surface area contributed by atoms with Crippen LogP contribution in [0.5, 0.6) is 0 Å². The number of rotatable bonds is 7. The third-order valence-electron chi connectivity index (χ3n) is 4.70. The molecule has 1 saturated heterocycles. The SMILES string of the molecule is Cn1cc([C@H]2CNC[C@@H]2C(=O)NCCNC(=O)Cc2cccc(F)c2)cn1. The van der Waals surface area contributed by atoms with Gasteiger partial charge < -0.3 is 16.0 Å². The van der Waals surface area contributed by atoms with E-state index in [0.717, 1.165) is 12.1 Å². The highest BCUT2D eigenvalue weighted by Crippen LogP contribution is 2.27. The molecular formula is C19H24FN5O2. The Bertz CT molecular complexity index is 807. The predicted molar refractivity (Wildman–Crippen MR) is 98.4 cm³/mol. The quantitative estimate of drug-likeness (QED) is 0.611. The van der Waals surface area contributed by atoms with Crippen LogP contribution in [-0.2, 0) is 23.1 Å². The fourth-order valence-corrected chi connectivity index (χ4v) is 3.35. The van der Waals surface area contributed by atoms with Crippen molar-refractivity contribution in [3.8, 4) is 0 Å². The van der Waals surface area contributed by atoms with Crippen molar-refractivity contribution in [1.82, 2.24) is 25.7 Å². The van der Waals surface area contributed by atoms with Gasteiger partial charge in [-0.25, -0.2) is 4.39 Å². The first-order valence-corrected chi connectivity index (χ1v) is 9.01. The maximum Gasteiger partial charge on any atom is 0.225 e. The topological polar surface area (TPSA) is 88.0 Å². The minimum absolute atomic E-state index is 0.0340. The van der Waals surface area contributed by atoms with Gasteiger partial charge >= 0.3 is 0 Å². The Labute approximate surface area is 157 Å². The van der Waals surface area contributed by atoms with E-state index in [4.69, 9.17) is 0 Å². The highest BCUT2D eigenvalue weighted by molar-refractivity contribution is 5.81. The van der Waals surface area contributed by atoms with Crippen molar-refractivity contribution in [2.75, 3.05) is 26.2 Å². The molecule has 1 aromatic heterocycles. The van der Waals surface area contributed by atoms with Gasteiger partial charge in [-0.3, -0.25) is 14.3 Å². The highest BCUT2D eigenvalue weighted by Gasteiger charge is 2.34. The van der Waals surface area contributed by atoms with Gasteiger partial charge in [-0.15, -0.1) is 0 Å². The van der Waals surface area contributed by atoms with Crippen molar-refractivity contribution in [2.45, 2.75) is 12.3 Å². The molecule has 0 unspecified atom stereocenters. The van der Waals surface area contributed by atoms with Crippen LogP contribution in [-0.4, -0.2) is 47.8 Å². The minimum Gasteiger partial charge on any atom is -0.354 e. The van der Waals surface area contributed by atoms with Gasteiger partial charge in [-0.1, -0.05) is 12.1 Å². The molecule has 1 aromatic carbocycles. The normalized spacial score (nSPS) is 19.0. The van der Waals surface area contributed by atoms with Gasteiger partial charge in [0, 0.05) is 45.3 Å². The summed E-state index contributed by atoms with van der Waals surface area (Å²) in [5.74, 6) is -0.654. The number of hydrogen-bond donors (Lipinski definition) is 3. The Balaban J connectivity index is 1.41. The predicted octanol–water partition coefficient (Wildman–Crippen LogP) is 0.337. The van der Waals surface area contributed by atoms with E-state index in [9.17, 15) is 14.0 Å². The second kappa shape index (κ2) is 8.77. The Morgan fingerprint density at radius 1 is 1.30 bits per heavy atom. The Morgan fingerprint density at radius 3 is 2.85 bits per heavy atom. The zero-order chi connectivity index (χ0) is 19.2. The number of hydrogen-bond acceptors (Lipinski definition) is 4. The summed E-state index contributed by atoms with van der Waals surface area (Å²) in [4.78, 5) is 24.4. The average molecular weight is 373 g/mol. The van der Waals surface area contributed by atoms with Gasteiger partial charge in [-0.05, 0) is 23.3 Å². The molecule has 3 N–H and O–H groups in total. The summed E-state index contributed by atoms with van der Waals surface area (Å²) in [7, 11) is 1.85. The number of carbonyl (C=O) groups excluding carboxylic acids is 2. The monoisotopic (exact) mass is 373 g/mol. The molecule has 0 spiro atoms. The summed E-state index contributed by atoms with van der Waals surface area (Å²) in [5.41, 5.74) is 1.67. The van der Waals surface area contributed by atoms with Crippen LogP contribution in [0.2, 0.25) is 0 Å². The molecular weight excluding hydrogens is 349 g/mol. The van der Waals surface area contributed by atoms with Crippen molar-refractivity contribution in [1.29, 1.82) is 0 Å². The standard InChI is InChI=1S/C19H24FN5O2/c1-25-12-14(9-24-25)16-10-21-11-17(16)19(27)23-6-5-22-18(26)8-13-3-2-4-15(20)7-13/h2-4,7,9,12,16-17,21H,5-6,8,10-11H2,1H3,(H,22,26)(H,23,27)/t16-,17+/m1/s1. The lowest BCUT2D eigenvalue weighted by Crippen LogP contribution is -2.39. The van der Waals surface area contributed by atoms with Crippen molar-refractivity contribution in [3.05, 3.63) is 53.6 Å². The highest BCUT2D eigenvalue weighted by atomic mass is 19.1. The van der Waals surface area contributed by atoms with Gasteiger partial charge in [0.1, 0.15) is 5.82 Å². The summed E-state index contributed by atoms with van der Waals surface area (Å²) >= 11 is 0. The lowest BCUT2D eigenvalue weighted by Gasteiger charge is -2.17. The zero-order valence-corrected chi connectivity index (χ0v) is 15.2.